The molecule has 292 valence electrons. The Bertz CT molecular complexity index is 2060. The van der Waals surface area contributed by atoms with Crippen molar-refractivity contribution in [3.8, 4) is 11.6 Å². The van der Waals surface area contributed by atoms with Crippen LogP contribution in [0.15, 0.2) is 84.9 Å². The summed E-state index contributed by atoms with van der Waals surface area (Å²) < 4.78 is 79.2. The maximum Gasteiger partial charge on any atom is 0.435 e. The van der Waals surface area contributed by atoms with Gasteiger partial charge in [0.05, 0.1) is 11.4 Å². The fourth-order valence-electron chi connectivity index (χ4n) is 6.88. The van der Waals surface area contributed by atoms with Crippen molar-refractivity contribution in [3.63, 3.8) is 0 Å². The van der Waals surface area contributed by atoms with E-state index < -0.39 is 27.5 Å². The van der Waals surface area contributed by atoms with Crippen LogP contribution in [0.5, 0.6) is 11.6 Å². The van der Waals surface area contributed by atoms with E-state index in [0.717, 1.165) is 23.3 Å². The lowest BCUT2D eigenvalue weighted by molar-refractivity contribution is -0.141. The van der Waals surface area contributed by atoms with Crippen molar-refractivity contribution >= 4 is 27.7 Å². The second-order valence-corrected chi connectivity index (χ2v) is 16.6. The van der Waals surface area contributed by atoms with Crippen LogP contribution in [-0.4, -0.2) is 72.2 Å². The number of aromatic nitrogens is 2. The first-order chi connectivity index (χ1) is 26.0. The summed E-state index contributed by atoms with van der Waals surface area (Å²) in [5.74, 6) is 0.0290. The van der Waals surface area contributed by atoms with Crippen LogP contribution in [0.25, 0.3) is 0 Å². The van der Waals surface area contributed by atoms with Crippen LogP contribution < -0.4 is 9.46 Å². The van der Waals surface area contributed by atoms with Crippen LogP contribution in [-0.2, 0) is 26.7 Å². The van der Waals surface area contributed by atoms with Crippen molar-refractivity contribution in [3.05, 3.63) is 113 Å². The molecule has 4 aromatic rings. The molecule has 55 heavy (non-hydrogen) atoms. The summed E-state index contributed by atoms with van der Waals surface area (Å²) in [7, 11) is -3.84. The van der Waals surface area contributed by atoms with Gasteiger partial charge in [-0.3, -0.25) is 9.52 Å². The van der Waals surface area contributed by atoms with E-state index >= 15 is 0 Å². The highest BCUT2D eigenvalue weighted by Crippen LogP contribution is 2.36. The van der Waals surface area contributed by atoms with Gasteiger partial charge in [0.2, 0.25) is 15.9 Å². The highest BCUT2D eigenvalue weighted by atomic mass is 32.2. The molecule has 1 aromatic heterocycles. The summed E-state index contributed by atoms with van der Waals surface area (Å²) in [6.07, 6.45) is -2.37. The fraction of sp³-hybridized carbons (Fsp3) is 0.400. The summed E-state index contributed by atoms with van der Waals surface area (Å²) in [6, 6.07) is 23.2. The number of likely N-dealkylation sites (tertiary alicyclic amines) is 2. The zero-order valence-corrected chi connectivity index (χ0v) is 31.7. The molecule has 0 aliphatic carbocycles. The zero-order valence-electron chi connectivity index (χ0n) is 30.9. The minimum absolute atomic E-state index is 0.0485. The van der Waals surface area contributed by atoms with E-state index in [2.05, 4.69) is 14.9 Å². The third-order valence-corrected chi connectivity index (χ3v) is 10.9. The molecular formula is C40H44F3N5O6S. The van der Waals surface area contributed by atoms with Crippen molar-refractivity contribution in [1.82, 2.24) is 20.0 Å². The third kappa shape index (κ3) is 10.5. The number of anilines is 1. The van der Waals surface area contributed by atoms with Crippen LogP contribution >= 0.6 is 0 Å². The van der Waals surface area contributed by atoms with E-state index in [1.807, 2.05) is 45.0 Å². The fourth-order valence-corrected chi connectivity index (χ4v) is 8.10. The molecule has 3 aromatic carbocycles. The van der Waals surface area contributed by atoms with Crippen LogP contribution in [0.3, 0.4) is 0 Å². The molecule has 0 saturated carbocycles. The number of piperidine rings is 2. The maximum atomic E-state index is 13.9. The first-order valence-electron chi connectivity index (χ1n) is 18.2. The molecule has 2 fully saturated rings. The molecule has 1 N–H and O–H groups in total. The Morgan fingerprint density at radius 1 is 0.800 bits per heavy atom. The molecule has 0 atom stereocenters. The average Bonchev–Trinajstić information content (AvgIpc) is 3.14. The Hall–Kier alpha value is -5.18. The molecule has 2 amide bonds. The van der Waals surface area contributed by atoms with E-state index in [9.17, 15) is 31.2 Å². The van der Waals surface area contributed by atoms with Crippen LogP contribution in [0.2, 0.25) is 0 Å². The number of rotatable bonds is 9. The predicted molar refractivity (Wildman–Crippen MR) is 200 cm³/mol. The summed E-state index contributed by atoms with van der Waals surface area (Å²) in [6.45, 7) is 7.35. The third-order valence-electron chi connectivity index (χ3n) is 9.64. The number of sulfonamides is 1. The molecule has 2 aliphatic rings. The lowest BCUT2D eigenvalue weighted by Crippen LogP contribution is -2.41. The van der Waals surface area contributed by atoms with Crippen LogP contribution in [0, 0.1) is 0 Å². The van der Waals surface area contributed by atoms with Crippen molar-refractivity contribution in [1.29, 1.82) is 0 Å². The molecule has 0 unspecified atom stereocenters. The highest BCUT2D eigenvalue weighted by molar-refractivity contribution is 7.91. The largest absolute Gasteiger partial charge is 0.444 e. The second-order valence-electron chi connectivity index (χ2n) is 14.9. The van der Waals surface area contributed by atoms with Gasteiger partial charge in [-0.15, -0.1) is 10.2 Å². The highest BCUT2D eigenvalue weighted by Gasteiger charge is 2.33. The lowest BCUT2D eigenvalue weighted by Gasteiger charge is -2.34. The van der Waals surface area contributed by atoms with Crippen molar-refractivity contribution in [2.75, 3.05) is 30.9 Å². The zero-order chi connectivity index (χ0) is 39.4. The summed E-state index contributed by atoms with van der Waals surface area (Å²) >= 11 is 0. The van der Waals surface area contributed by atoms with E-state index in [1.54, 1.807) is 58.3 Å². The number of halogens is 3. The monoisotopic (exact) mass is 779 g/mol. The van der Waals surface area contributed by atoms with E-state index in [0.29, 0.717) is 74.4 Å². The van der Waals surface area contributed by atoms with Gasteiger partial charge in [0.25, 0.3) is 5.91 Å². The number of hydrogen-bond donors (Lipinski definition) is 1. The first-order valence-corrected chi connectivity index (χ1v) is 19.8. The number of amides is 2. The van der Waals surface area contributed by atoms with Crippen molar-refractivity contribution < 1.29 is 40.7 Å². The Morgan fingerprint density at radius 2 is 1.44 bits per heavy atom. The Morgan fingerprint density at radius 3 is 2.04 bits per heavy atom. The Labute approximate surface area is 318 Å². The van der Waals surface area contributed by atoms with E-state index in [4.69, 9.17) is 9.47 Å². The van der Waals surface area contributed by atoms with Gasteiger partial charge < -0.3 is 19.3 Å². The molecule has 0 radical (unpaired) electrons. The molecule has 3 heterocycles. The topological polar surface area (TPSA) is 131 Å². The minimum Gasteiger partial charge on any atom is -0.444 e. The predicted octanol–water partition coefficient (Wildman–Crippen LogP) is 8.36. The molecule has 0 spiro atoms. The van der Waals surface area contributed by atoms with Gasteiger partial charge in [0.1, 0.15) is 11.4 Å². The van der Waals surface area contributed by atoms with Crippen LogP contribution in [0.4, 0.5) is 23.7 Å². The standard InChI is InChI=1S/C40H44F3N5O6S/c1-39(2,3)54-38(50)48-23-19-30(20-24-48)33-14-11-31(25-34(33)46-55(51,52)26-27-7-5-4-6-8-27)37(49)47-21-17-29(18-22-47)28-9-12-32(13-10-28)53-36-16-15-35(44-45-36)40(41,42)43/h4-16,25,29-30,46H,17-24,26H2,1-3H3. The van der Waals surface area contributed by atoms with Crippen LogP contribution in [0.1, 0.15) is 91.0 Å². The van der Waals surface area contributed by atoms with Gasteiger partial charge in [-0.05, 0) is 105 Å². The number of alkyl halides is 3. The quantitative estimate of drug-likeness (QED) is 0.179. The number of nitrogens with one attached hydrogen (secondary N) is 1. The lowest BCUT2D eigenvalue weighted by atomic mass is 9.87. The summed E-state index contributed by atoms with van der Waals surface area (Å²) in [5, 5.41) is 6.69. The summed E-state index contributed by atoms with van der Waals surface area (Å²) in [4.78, 5) is 30.0. The minimum atomic E-state index is -4.59. The van der Waals surface area contributed by atoms with Gasteiger partial charge in [-0.1, -0.05) is 48.5 Å². The second kappa shape index (κ2) is 16.3. The number of carbonyl (C=O) groups excluding carboxylic acids is 2. The number of ether oxygens (including phenoxy) is 2. The molecule has 0 bridgehead atoms. The van der Waals surface area contributed by atoms with Gasteiger partial charge in [-0.2, -0.15) is 13.2 Å². The number of benzene rings is 3. The van der Waals surface area contributed by atoms with Gasteiger partial charge >= 0.3 is 12.3 Å². The molecule has 2 saturated heterocycles. The average molecular weight is 780 g/mol. The Kier molecular flexibility index (Phi) is 11.7. The molecular weight excluding hydrogens is 736 g/mol. The van der Waals surface area contributed by atoms with E-state index in [-0.39, 0.29) is 35.5 Å². The van der Waals surface area contributed by atoms with Crippen molar-refractivity contribution in [2.45, 2.75) is 75.8 Å². The first kappa shape index (κ1) is 39.5. The molecule has 11 nitrogen and oxygen atoms in total. The molecule has 2 aliphatic heterocycles. The number of hydrogen-bond acceptors (Lipinski definition) is 8. The maximum absolute atomic E-state index is 13.9. The number of carbonyl (C=O) groups is 2. The van der Waals surface area contributed by atoms with Gasteiger partial charge in [0, 0.05) is 37.8 Å². The van der Waals surface area contributed by atoms with Gasteiger partial charge in [-0.25, -0.2) is 13.2 Å². The summed E-state index contributed by atoms with van der Waals surface area (Å²) in [5.41, 5.74) is 1.46. The molecule has 6 rings (SSSR count). The smallest absolute Gasteiger partial charge is 0.435 e. The number of nitrogens with zero attached hydrogens (tertiary/aromatic N) is 4. The Balaban J connectivity index is 1.11. The van der Waals surface area contributed by atoms with E-state index in [1.165, 1.54) is 0 Å². The molecule has 15 heteroatoms. The van der Waals surface area contributed by atoms with Crippen molar-refractivity contribution in [2.24, 2.45) is 0 Å². The SMILES string of the molecule is CC(C)(C)OC(=O)N1CCC(c2ccc(C(=O)N3CCC(c4ccc(Oc5ccc(C(F)(F)F)nn5)cc4)CC3)cc2NS(=O)(=O)Cc2ccccc2)CC1. The normalized spacial score (nSPS) is 16.1. The van der Waals surface area contributed by atoms with Gasteiger partial charge in [0.15, 0.2) is 5.69 Å².